The van der Waals surface area contributed by atoms with Gasteiger partial charge in [-0.1, -0.05) is 13.8 Å². The number of rotatable bonds is 3. The van der Waals surface area contributed by atoms with Gasteiger partial charge < -0.3 is 5.32 Å². The van der Waals surface area contributed by atoms with Gasteiger partial charge in [-0.15, -0.1) is 21.5 Å². The molecule has 0 amide bonds. The molecule has 1 aliphatic rings. The third kappa shape index (κ3) is 3.25. The number of nitrogens with one attached hydrogen (secondary N) is 1. The van der Waals surface area contributed by atoms with Gasteiger partial charge in [0.25, 0.3) is 0 Å². The van der Waals surface area contributed by atoms with Gasteiger partial charge in [0.05, 0.1) is 0 Å². The normalized spacial score (nSPS) is 21.2. The Morgan fingerprint density at radius 1 is 1.31 bits per heavy atom. The van der Waals surface area contributed by atoms with Crippen molar-refractivity contribution in [1.29, 1.82) is 0 Å². The molecule has 0 radical (unpaired) electrons. The lowest BCUT2D eigenvalue weighted by Crippen LogP contribution is -2.35. The molecule has 2 rings (SSSR count). The summed E-state index contributed by atoms with van der Waals surface area (Å²) in [5.41, 5.74) is 0.553. The second-order valence-electron chi connectivity index (χ2n) is 5.53. The van der Waals surface area contributed by atoms with E-state index in [2.05, 4.69) is 29.4 Å². The van der Waals surface area contributed by atoms with Crippen molar-refractivity contribution in [2.45, 2.75) is 59.0 Å². The third-order valence-corrected chi connectivity index (χ3v) is 4.29. The lowest BCUT2D eigenvalue weighted by molar-refractivity contribution is 0.206. The zero-order chi connectivity index (χ0) is 11.6. The van der Waals surface area contributed by atoms with Crippen LogP contribution in [0.15, 0.2) is 0 Å². The Morgan fingerprint density at radius 2 is 2.00 bits per heavy atom. The lowest BCUT2D eigenvalue weighted by atomic mass is 9.75. The minimum Gasteiger partial charge on any atom is -0.308 e. The molecule has 1 aromatic rings. The van der Waals surface area contributed by atoms with Gasteiger partial charge in [0, 0.05) is 12.6 Å². The van der Waals surface area contributed by atoms with E-state index in [1.165, 1.54) is 25.7 Å². The molecule has 1 saturated carbocycles. The van der Waals surface area contributed by atoms with Crippen molar-refractivity contribution >= 4 is 11.3 Å². The van der Waals surface area contributed by atoms with E-state index >= 15 is 0 Å². The molecule has 90 valence electrons. The average molecular weight is 239 g/mol. The summed E-state index contributed by atoms with van der Waals surface area (Å²) in [4.78, 5) is 0. The number of aromatic nitrogens is 2. The van der Waals surface area contributed by atoms with Crippen molar-refractivity contribution in [1.82, 2.24) is 15.5 Å². The number of hydrogen-bond donors (Lipinski definition) is 1. The van der Waals surface area contributed by atoms with Crippen LogP contribution < -0.4 is 5.32 Å². The quantitative estimate of drug-likeness (QED) is 0.881. The van der Waals surface area contributed by atoms with Crippen LogP contribution in [0.5, 0.6) is 0 Å². The lowest BCUT2D eigenvalue weighted by Gasteiger charge is -2.34. The highest BCUT2D eigenvalue weighted by atomic mass is 32.1. The molecule has 1 heterocycles. The molecule has 1 aliphatic carbocycles. The van der Waals surface area contributed by atoms with Crippen molar-refractivity contribution < 1.29 is 0 Å². The molecule has 0 saturated heterocycles. The molecule has 0 spiro atoms. The first kappa shape index (κ1) is 12.0. The fourth-order valence-electron chi connectivity index (χ4n) is 2.24. The second-order valence-corrected chi connectivity index (χ2v) is 6.80. The van der Waals surface area contributed by atoms with Gasteiger partial charge in [0.1, 0.15) is 10.0 Å². The Hall–Kier alpha value is -0.480. The van der Waals surface area contributed by atoms with Crippen LogP contribution in [0.1, 0.15) is 49.5 Å². The molecule has 3 nitrogen and oxygen atoms in total. The number of hydrogen-bond acceptors (Lipinski definition) is 4. The van der Waals surface area contributed by atoms with E-state index in [9.17, 15) is 0 Å². The Morgan fingerprint density at radius 3 is 2.56 bits per heavy atom. The zero-order valence-corrected chi connectivity index (χ0v) is 11.2. The second kappa shape index (κ2) is 4.80. The molecule has 0 aliphatic heterocycles. The molecule has 1 aromatic heterocycles. The van der Waals surface area contributed by atoms with Crippen LogP contribution >= 0.6 is 11.3 Å². The number of aryl methyl sites for hydroxylation is 1. The SMILES string of the molecule is Cc1nnc(CNC2CCC(C)(C)CC2)s1. The van der Waals surface area contributed by atoms with Gasteiger partial charge in [-0.05, 0) is 38.0 Å². The van der Waals surface area contributed by atoms with E-state index in [-0.39, 0.29) is 0 Å². The summed E-state index contributed by atoms with van der Waals surface area (Å²) < 4.78 is 0. The van der Waals surface area contributed by atoms with Gasteiger partial charge in [0.15, 0.2) is 0 Å². The van der Waals surface area contributed by atoms with E-state index in [1.807, 2.05) is 6.92 Å². The van der Waals surface area contributed by atoms with E-state index < -0.39 is 0 Å². The fourth-order valence-corrected chi connectivity index (χ4v) is 2.90. The van der Waals surface area contributed by atoms with Gasteiger partial charge in [-0.3, -0.25) is 0 Å². The molecular weight excluding hydrogens is 218 g/mol. The first-order valence-corrected chi connectivity index (χ1v) is 6.89. The predicted molar refractivity (Wildman–Crippen MR) is 67.5 cm³/mol. The highest BCUT2D eigenvalue weighted by molar-refractivity contribution is 7.11. The maximum absolute atomic E-state index is 4.13. The molecule has 0 aromatic carbocycles. The van der Waals surface area contributed by atoms with Crippen molar-refractivity contribution in [3.8, 4) is 0 Å². The van der Waals surface area contributed by atoms with Gasteiger partial charge in [-0.25, -0.2) is 0 Å². The zero-order valence-electron chi connectivity index (χ0n) is 10.4. The van der Waals surface area contributed by atoms with Crippen LogP contribution in [0.2, 0.25) is 0 Å². The van der Waals surface area contributed by atoms with E-state index in [0.29, 0.717) is 11.5 Å². The predicted octanol–water partition coefficient (Wildman–Crippen LogP) is 2.90. The summed E-state index contributed by atoms with van der Waals surface area (Å²) >= 11 is 1.69. The van der Waals surface area contributed by atoms with Crippen LogP contribution in [0.3, 0.4) is 0 Å². The summed E-state index contributed by atoms with van der Waals surface area (Å²) in [6.45, 7) is 7.63. The number of nitrogens with zero attached hydrogens (tertiary/aromatic N) is 2. The summed E-state index contributed by atoms with van der Waals surface area (Å²) in [5.74, 6) is 0. The van der Waals surface area contributed by atoms with Crippen molar-refractivity contribution in [3.63, 3.8) is 0 Å². The van der Waals surface area contributed by atoms with Gasteiger partial charge in [-0.2, -0.15) is 0 Å². The monoisotopic (exact) mass is 239 g/mol. The third-order valence-electron chi connectivity index (χ3n) is 3.45. The van der Waals surface area contributed by atoms with E-state index in [0.717, 1.165) is 16.6 Å². The molecule has 1 N–H and O–H groups in total. The van der Waals surface area contributed by atoms with E-state index in [4.69, 9.17) is 0 Å². The van der Waals surface area contributed by atoms with Crippen LogP contribution in [0.4, 0.5) is 0 Å². The summed E-state index contributed by atoms with van der Waals surface area (Å²) in [6.07, 6.45) is 5.26. The molecule has 0 atom stereocenters. The Kier molecular flexibility index (Phi) is 3.60. The van der Waals surface area contributed by atoms with Crippen molar-refractivity contribution in [2.75, 3.05) is 0 Å². The summed E-state index contributed by atoms with van der Waals surface area (Å²) in [5, 5.41) is 13.9. The van der Waals surface area contributed by atoms with Crippen molar-refractivity contribution in [3.05, 3.63) is 10.0 Å². The van der Waals surface area contributed by atoms with Crippen LogP contribution in [-0.4, -0.2) is 16.2 Å². The maximum atomic E-state index is 4.13. The van der Waals surface area contributed by atoms with Crippen LogP contribution in [0.25, 0.3) is 0 Å². The highest BCUT2D eigenvalue weighted by Gasteiger charge is 2.26. The Balaban J connectivity index is 1.75. The van der Waals surface area contributed by atoms with Crippen LogP contribution in [0, 0.1) is 12.3 Å². The molecule has 16 heavy (non-hydrogen) atoms. The topological polar surface area (TPSA) is 37.8 Å². The first-order valence-electron chi connectivity index (χ1n) is 6.07. The molecular formula is C12H21N3S. The molecule has 4 heteroatoms. The minimum atomic E-state index is 0.553. The maximum Gasteiger partial charge on any atom is 0.131 e. The summed E-state index contributed by atoms with van der Waals surface area (Å²) in [7, 11) is 0. The highest BCUT2D eigenvalue weighted by Crippen LogP contribution is 2.35. The molecule has 1 fully saturated rings. The minimum absolute atomic E-state index is 0.553. The van der Waals surface area contributed by atoms with Crippen molar-refractivity contribution in [2.24, 2.45) is 5.41 Å². The standard InChI is InChI=1S/C12H21N3S/c1-9-14-15-11(16-9)8-13-10-4-6-12(2,3)7-5-10/h10,13H,4-8H2,1-3H3. The smallest absolute Gasteiger partial charge is 0.131 e. The molecule has 0 bridgehead atoms. The van der Waals surface area contributed by atoms with Gasteiger partial charge >= 0.3 is 0 Å². The Labute approximate surface area is 102 Å². The largest absolute Gasteiger partial charge is 0.308 e. The average Bonchev–Trinajstić information content (AvgIpc) is 2.63. The Bertz CT molecular complexity index is 336. The summed E-state index contributed by atoms with van der Waals surface area (Å²) in [6, 6.07) is 0.678. The fraction of sp³-hybridized carbons (Fsp3) is 0.833. The van der Waals surface area contributed by atoms with Gasteiger partial charge in [0.2, 0.25) is 0 Å². The van der Waals surface area contributed by atoms with Crippen LogP contribution in [-0.2, 0) is 6.54 Å². The molecule has 0 unspecified atom stereocenters. The van der Waals surface area contributed by atoms with E-state index in [1.54, 1.807) is 11.3 Å². The first-order chi connectivity index (χ1) is 7.55.